The van der Waals surface area contributed by atoms with Crippen LogP contribution >= 0.6 is 0 Å². The molecule has 0 aliphatic rings. The molecule has 2 rings (SSSR count). The van der Waals surface area contributed by atoms with E-state index in [4.69, 9.17) is 10.5 Å². The van der Waals surface area contributed by atoms with Crippen LogP contribution in [0.4, 0.5) is 0 Å². The van der Waals surface area contributed by atoms with Gasteiger partial charge in [-0.25, -0.2) is 4.98 Å². The van der Waals surface area contributed by atoms with Crippen LogP contribution in [0, 0.1) is 0 Å². The summed E-state index contributed by atoms with van der Waals surface area (Å²) in [5, 5.41) is 0. The van der Waals surface area contributed by atoms with Gasteiger partial charge in [-0.3, -0.25) is 0 Å². The summed E-state index contributed by atoms with van der Waals surface area (Å²) in [6, 6.07) is 8.50. The Morgan fingerprint density at radius 3 is 2.55 bits per heavy atom. The van der Waals surface area contributed by atoms with Crippen molar-refractivity contribution in [2.24, 2.45) is 5.73 Å². The fourth-order valence-corrected chi connectivity index (χ4v) is 2.11. The highest BCUT2D eigenvalue weighted by Crippen LogP contribution is 2.19. The Kier molecular flexibility index (Phi) is 4.79. The molecule has 0 aliphatic heterocycles. The van der Waals surface area contributed by atoms with E-state index in [-0.39, 0.29) is 6.04 Å². The van der Waals surface area contributed by atoms with E-state index in [1.54, 1.807) is 0 Å². The Balaban J connectivity index is 1.99. The van der Waals surface area contributed by atoms with Crippen molar-refractivity contribution in [1.82, 2.24) is 9.55 Å². The van der Waals surface area contributed by atoms with Gasteiger partial charge in [-0.2, -0.15) is 0 Å². The summed E-state index contributed by atoms with van der Waals surface area (Å²) in [7, 11) is 0. The van der Waals surface area contributed by atoms with Gasteiger partial charge in [-0.1, -0.05) is 19.1 Å². The van der Waals surface area contributed by atoms with E-state index in [1.165, 1.54) is 0 Å². The molecule has 0 radical (unpaired) electrons. The highest BCUT2D eigenvalue weighted by Gasteiger charge is 2.07. The molecule has 0 aliphatic carbocycles. The average molecular weight is 273 g/mol. The molecule has 2 aromatic rings. The lowest BCUT2D eigenvalue weighted by Gasteiger charge is -2.13. The molecule has 0 saturated carbocycles. The standard InChI is InChI=1S/C16H23N3O/c1-4-16(17)13-5-7-15(8-6-13)20-10-14-9-18-11-19(14)12(2)3/h5-9,11-12,16H,4,10,17H2,1-3H3. The largest absolute Gasteiger partial charge is 0.487 e. The molecule has 1 aromatic carbocycles. The maximum atomic E-state index is 6.00. The van der Waals surface area contributed by atoms with E-state index >= 15 is 0 Å². The Labute approximate surface area is 120 Å². The summed E-state index contributed by atoms with van der Waals surface area (Å²) in [6.45, 7) is 6.87. The van der Waals surface area contributed by atoms with Crippen molar-refractivity contribution >= 4 is 0 Å². The van der Waals surface area contributed by atoms with Crippen LogP contribution in [0.15, 0.2) is 36.8 Å². The molecule has 0 saturated heterocycles. The fraction of sp³-hybridized carbons (Fsp3) is 0.438. The molecule has 4 nitrogen and oxygen atoms in total. The van der Waals surface area contributed by atoms with Gasteiger partial charge in [0.25, 0.3) is 0 Å². The second-order valence-corrected chi connectivity index (χ2v) is 5.26. The van der Waals surface area contributed by atoms with E-state index in [1.807, 2.05) is 36.8 Å². The van der Waals surface area contributed by atoms with Crippen LogP contribution in [0.2, 0.25) is 0 Å². The van der Waals surface area contributed by atoms with Gasteiger partial charge >= 0.3 is 0 Å². The number of ether oxygens (including phenoxy) is 1. The Morgan fingerprint density at radius 1 is 1.25 bits per heavy atom. The molecule has 0 amide bonds. The molecular weight excluding hydrogens is 250 g/mol. The van der Waals surface area contributed by atoms with Crippen molar-refractivity contribution in [2.45, 2.75) is 45.9 Å². The maximum Gasteiger partial charge on any atom is 0.130 e. The van der Waals surface area contributed by atoms with Gasteiger partial charge in [0.15, 0.2) is 0 Å². The first-order valence-corrected chi connectivity index (χ1v) is 7.10. The normalized spacial score (nSPS) is 12.7. The summed E-state index contributed by atoms with van der Waals surface area (Å²) >= 11 is 0. The maximum absolute atomic E-state index is 6.00. The molecule has 2 N–H and O–H groups in total. The quantitative estimate of drug-likeness (QED) is 0.877. The lowest BCUT2D eigenvalue weighted by Crippen LogP contribution is -2.09. The number of nitrogens with zero attached hydrogens (tertiary/aromatic N) is 2. The van der Waals surface area contributed by atoms with Crippen molar-refractivity contribution in [3.8, 4) is 5.75 Å². The number of hydrogen-bond acceptors (Lipinski definition) is 3. The van der Waals surface area contributed by atoms with Crippen molar-refractivity contribution in [2.75, 3.05) is 0 Å². The van der Waals surface area contributed by atoms with Crippen LogP contribution in [0.25, 0.3) is 0 Å². The minimum absolute atomic E-state index is 0.103. The molecule has 0 fully saturated rings. The molecule has 4 heteroatoms. The number of aromatic nitrogens is 2. The zero-order valence-corrected chi connectivity index (χ0v) is 12.4. The molecule has 1 heterocycles. The third-order valence-electron chi connectivity index (χ3n) is 3.44. The number of hydrogen-bond donors (Lipinski definition) is 1. The summed E-state index contributed by atoms with van der Waals surface area (Å²) in [6.07, 6.45) is 4.63. The van der Waals surface area contributed by atoms with Gasteiger partial charge in [0.1, 0.15) is 12.4 Å². The second-order valence-electron chi connectivity index (χ2n) is 5.26. The van der Waals surface area contributed by atoms with Crippen molar-refractivity contribution in [3.63, 3.8) is 0 Å². The van der Waals surface area contributed by atoms with Gasteiger partial charge in [-0.05, 0) is 38.0 Å². The SMILES string of the molecule is CCC(N)c1ccc(OCc2cncn2C(C)C)cc1. The van der Waals surface area contributed by atoms with E-state index in [9.17, 15) is 0 Å². The minimum Gasteiger partial charge on any atom is -0.487 e. The first-order valence-electron chi connectivity index (χ1n) is 7.10. The number of rotatable bonds is 6. The highest BCUT2D eigenvalue weighted by atomic mass is 16.5. The smallest absolute Gasteiger partial charge is 0.130 e. The molecule has 1 aromatic heterocycles. The topological polar surface area (TPSA) is 53.1 Å². The van der Waals surface area contributed by atoms with E-state index in [2.05, 4.69) is 30.3 Å². The lowest BCUT2D eigenvalue weighted by atomic mass is 10.1. The van der Waals surface area contributed by atoms with E-state index in [0.717, 1.165) is 23.4 Å². The zero-order chi connectivity index (χ0) is 14.5. The average Bonchev–Trinajstić information content (AvgIpc) is 2.93. The Hall–Kier alpha value is -1.81. The number of nitrogens with two attached hydrogens (primary N) is 1. The van der Waals surface area contributed by atoms with Gasteiger partial charge < -0.3 is 15.0 Å². The molecule has 108 valence electrons. The van der Waals surface area contributed by atoms with Crippen molar-refractivity contribution in [3.05, 3.63) is 48.0 Å². The first-order chi connectivity index (χ1) is 9.61. The molecule has 1 unspecified atom stereocenters. The van der Waals surface area contributed by atoms with Crippen LogP contribution in [0.3, 0.4) is 0 Å². The predicted molar refractivity (Wildman–Crippen MR) is 80.6 cm³/mol. The summed E-state index contributed by atoms with van der Waals surface area (Å²) < 4.78 is 7.92. The number of imidazole rings is 1. The van der Waals surface area contributed by atoms with Crippen LogP contribution in [0.5, 0.6) is 5.75 Å². The lowest BCUT2D eigenvalue weighted by molar-refractivity contribution is 0.292. The molecule has 20 heavy (non-hydrogen) atoms. The van der Waals surface area contributed by atoms with E-state index in [0.29, 0.717) is 12.6 Å². The molecular formula is C16H23N3O. The van der Waals surface area contributed by atoms with Crippen LogP contribution in [-0.4, -0.2) is 9.55 Å². The van der Waals surface area contributed by atoms with Crippen LogP contribution < -0.4 is 10.5 Å². The third kappa shape index (κ3) is 3.39. The fourth-order valence-electron chi connectivity index (χ4n) is 2.11. The van der Waals surface area contributed by atoms with Gasteiger partial charge in [0.2, 0.25) is 0 Å². The zero-order valence-electron chi connectivity index (χ0n) is 12.4. The minimum atomic E-state index is 0.103. The Bertz CT molecular complexity index is 531. The molecule has 1 atom stereocenters. The van der Waals surface area contributed by atoms with Crippen molar-refractivity contribution in [1.29, 1.82) is 0 Å². The summed E-state index contributed by atoms with van der Waals surface area (Å²) in [4.78, 5) is 4.17. The summed E-state index contributed by atoms with van der Waals surface area (Å²) in [5.74, 6) is 0.855. The van der Waals surface area contributed by atoms with Crippen molar-refractivity contribution < 1.29 is 4.74 Å². The monoisotopic (exact) mass is 273 g/mol. The molecule has 0 bridgehead atoms. The highest BCUT2D eigenvalue weighted by molar-refractivity contribution is 5.29. The van der Waals surface area contributed by atoms with Gasteiger partial charge in [0, 0.05) is 12.1 Å². The first kappa shape index (κ1) is 14.6. The van der Waals surface area contributed by atoms with E-state index < -0.39 is 0 Å². The van der Waals surface area contributed by atoms with Crippen LogP contribution in [0.1, 0.15) is 50.5 Å². The number of benzene rings is 1. The summed E-state index contributed by atoms with van der Waals surface area (Å²) in [5.41, 5.74) is 8.22. The van der Waals surface area contributed by atoms with Gasteiger partial charge in [-0.15, -0.1) is 0 Å². The predicted octanol–water partition coefficient (Wildman–Crippen LogP) is 3.45. The van der Waals surface area contributed by atoms with Crippen LogP contribution in [-0.2, 0) is 6.61 Å². The third-order valence-corrected chi connectivity index (χ3v) is 3.44. The second kappa shape index (κ2) is 6.57. The molecule has 0 spiro atoms. The Morgan fingerprint density at radius 2 is 1.95 bits per heavy atom. The van der Waals surface area contributed by atoms with Gasteiger partial charge in [0.05, 0.1) is 18.2 Å².